The van der Waals surface area contributed by atoms with Crippen molar-refractivity contribution in [1.29, 1.82) is 0 Å². The molecule has 0 bridgehead atoms. The van der Waals surface area contributed by atoms with E-state index in [1.54, 1.807) is 12.1 Å². The van der Waals surface area contributed by atoms with Crippen LogP contribution in [0.1, 0.15) is 36.0 Å². The number of likely N-dealkylation sites (tertiary alicyclic amines) is 2. The van der Waals surface area contributed by atoms with Gasteiger partial charge in [0.2, 0.25) is 0 Å². The Morgan fingerprint density at radius 3 is 2.68 bits per heavy atom. The van der Waals surface area contributed by atoms with Crippen molar-refractivity contribution in [1.82, 2.24) is 30.0 Å². The summed E-state index contributed by atoms with van der Waals surface area (Å²) in [4.78, 5) is 17.3. The number of phenols is 1. The van der Waals surface area contributed by atoms with Crippen LogP contribution in [0, 0.1) is 5.92 Å². The van der Waals surface area contributed by atoms with Crippen LogP contribution in [0.3, 0.4) is 0 Å². The predicted molar refractivity (Wildman–Crippen MR) is 101 cm³/mol. The number of rotatable bonds is 4. The topological polar surface area (TPSA) is 108 Å². The average molecular weight is 386 g/mol. The highest BCUT2D eigenvalue weighted by atomic mass is 16.3. The van der Waals surface area contributed by atoms with E-state index in [1.807, 2.05) is 4.90 Å². The zero-order chi connectivity index (χ0) is 19.5. The lowest BCUT2D eigenvalue weighted by Gasteiger charge is -2.42. The highest BCUT2D eigenvalue weighted by molar-refractivity contribution is 5.97. The number of hydrogen-bond acceptors (Lipinski definition) is 7. The minimum Gasteiger partial charge on any atom is -0.507 e. The number of amides is 1. The number of aromatic nitrogens is 4. The summed E-state index contributed by atoms with van der Waals surface area (Å²) in [6.45, 7) is 3.60. The third-order valence-corrected chi connectivity index (χ3v) is 5.93. The number of carbonyl (C=O) groups excluding carboxylic acids is 1. The third kappa shape index (κ3) is 3.85. The number of hydrogen-bond donors (Lipinski definition) is 2. The number of aromatic hydroxyl groups is 1. The molecule has 2 aliphatic rings. The van der Waals surface area contributed by atoms with Gasteiger partial charge in [0.1, 0.15) is 12.1 Å². The lowest BCUT2D eigenvalue weighted by Crippen LogP contribution is -2.52. The first-order valence-electron chi connectivity index (χ1n) is 9.86. The van der Waals surface area contributed by atoms with Crippen LogP contribution in [0.15, 0.2) is 24.5 Å². The molecule has 9 nitrogen and oxygen atoms in total. The second-order valence-corrected chi connectivity index (χ2v) is 7.66. The van der Waals surface area contributed by atoms with Gasteiger partial charge in [-0.2, -0.15) is 0 Å². The minimum absolute atomic E-state index is 0.0658. The largest absolute Gasteiger partial charge is 0.507 e. The Hall–Kier alpha value is -2.52. The zero-order valence-corrected chi connectivity index (χ0v) is 15.8. The van der Waals surface area contributed by atoms with Crippen LogP contribution in [-0.4, -0.2) is 85.0 Å². The molecular formula is C19H26N6O3. The van der Waals surface area contributed by atoms with Crippen LogP contribution in [0.5, 0.6) is 5.75 Å². The summed E-state index contributed by atoms with van der Waals surface area (Å²) in [7, 11) is 0. The summed E-state index contributed by atoms with van der Waals surface area (Å²) >= 11 is 0. The Morgan fingerprint density at radius 1 is 1.18 bits per heavy atom. The van der Waals surface area contributed by atoms with E-state index < -0.39 is 0 Å². The first kappa shape index (κ1) is 18.8. The molecule has 4 rings (SSSR count). The molecule has 3 heterocycles. The molecule has 1 aromatic heterocycles. The smallest absolute Gasteiger partial charge is 0.257 e. The molecule has 1 atom stereocenters. The number of aliphatic hydroxyl groups is 1. The maximum absolute atomic E-state index is 13.0. The molecule has 28 heavy (non-hydrogen) atoms. The number of phenolic OH excluding ortho intramolecular Hbond substituents is 1. The summed E-state index contributed by atoms with van der Waals surface area (Å²) < 4.78 is 1.43. The summed E-state index contributed by atoms with van der Waals surface area (Å²) in [5.41, 5.74) is 0.902. The lowest BCUT2D eigenvalue weighted by molar-refractivity contribution is 0.0444. The molecule has 2 fully saturated rings. The van der Waals surface area contributed by atoms with E-state index in [-0.39, 0.29) is 18.3 Å². The monoisotopic (exact) mass is 386 g/mol. The molecule has 9 heteroatoms. The fourth-order valence-electron chi connectivity index (χ4n) is 4.23. The number of benzene rings is 1. The van der Waals surface area contributed by atoms with Crippen LogP contribution in [0.25, 0.3) is 5.69 Å². The minimum atomic E-state index is -0.143. The van der Waals surface area contributed by atoms with E-state index in [2.05, 4.69) is 20.4 Å². The van der Waals surface area contributed by atoms with Gasteiger partial charge < -0.3 is 15.1 Å². The third-order valence-electron chi connectivity index (χ3n) is 5.93. The molecule has 150 valence electrons. The Labute approximate surface area is 163 Å². The maximum Gasteiger partial charge on any atom is 0.257 e. The van der Waals surface area contributed by atoms with Crippen LogP contribution in [0.4, 0.5) is 0 Å². The Morgan fingerprint density at radius 2 is 2.00 bits per heavy atom. The van der Waals surface area contributed by atoms with E-state index in [0.29, 0.717) is 36.3 Å². The second kappa shape index (κ2) is 8.24. The van der Waals surface area contributed by atoms with E-state index >= 15 is 0 Å². The van der Waals surface area contributed by atoms with Crippen LogP contribution in [-0.2, 0) is 0 Å². The van der Waals surface area contributed by atoms with Crippen molar-refractivity contribution in [2.45, 2.75) is 31.7 Å². The maximum atomic E-state index is 13.0. The van der Waals surface area contributed by atoms with Crippen molar-refractivity contribution in [3.05, 3.63) is 30.1 Å². The van der Waals surface area contributed by atoms with Gasteiger partial charge in [0.15, 0.2) is 0 Å². The van der Waals surface area contributed by atoms with Gasteiger partial charge in [-0.15, -0.1) is 5.10 Å². The number of aliphatic hydroxyl groups excluding tert-OH is 1. The van der Waals surface area contributed by atoms with Gasteiger partial charge in [-0.25, -0.2) is 4.68 Å². The molecule has 2 aliphatic heterocycles. The number of piperidine rings is 2. The van der Waals surface area contributed by atoms with Gasteiger partial charge in [0.25, 0.3) is 5.91 Å². The van der Waals surface area contributed by atoms with Gasteiger partial charge in [0, 0.05) is 31.8 Å². The van der Waals surface area contributed by atoms with Gasteiger partial charge >= 0.3 is 0 Å². The molecule has 0 aliphatic carbocycles. The van der Waals surface area contributed by atoms with Crippen LogP contribution >= 0.6 is 0 Å². The van der Waals surface area contributed by atoms with Crippen LogP contribution in [0.2, 0.25) is 0 Å². The fraction of sp³-hybridized carbons (Fsp3) is 0.579. The van der Waals surface area contributed by atoms with Gasteiger partial charge in [-0.1, -0.05) is 0 Å². The second-order valence-electron chi connectivity index (χ2n) is 7.66. The SMILES string of the molecule is O=C(c1ccc(-n2cnnn2)cc1O)N1CCC[C@H](N2CCC(CO)CC2)C1. The molecule has 0 saturated carbocycles. The fourth-order valence-corrected chi connectivity index (χ4v) is 4.23. The molecule has 0 radical (unpaired) electrons. The lowest BCUT2D eigenvalue weighted by atomic mass is 9.94. The summed E-state index contributed by atoms with van der Waals surface area (Å²) in [6, 6.07) is 5.21. The van der Waals surface area contributed by atoms with Crippen molar-refractivity contribution in [3.63, 3.8) is 0 Å². The quantitative estimate of drug-likeness (QED) is 0.795. The molecular weight excluding hydrogens is 360 g/mol. The molecule has 2 saturated heterocycles. The average Bonchev–Trinajstić information content (AvgIpc) is 3.28. The Balaban J connectivity index is 1.43. The Kier molecular flexibility index (Phi) is 5.54. The molecule has 2 N–H and O–H groups in total. The first-order chi connectivity index (χ1) is 13.7. The van der Waals surface area contributed by atoms with Crippen molar-refractivity contribution < 1.29 is 15.0 Å². The van der Waals surface area contributed by atoms with Gasteiger partial charge in [-0.05, 0) is 67.3 Å². The van der Waals surface area contributed by atoms with Crippen molar-refractivity contribution in [2.24, 2.45) is 5.92 Å². The van der Waals surface area contributed by atoms with E-state index in [4.69, 9.17) is 0 Å². The van der Waals surface area contributed by atoms with Crippen molar-refractivity contribution in [3.8, 4) is 11.4 Å². The number of nitrogens with zero attached hydrogens (tertiary/aromatic N) is 6. The normalized spacial score (nSPS) is 21.8. The van der Waals surface area contributed by atoms with Gasteiger partial charge in [0.05, 0.1) is 11.3 Å². The highest BCUT2D eigenvalue weighted by Crippen LogP contribution is 2.26. The first-order valence-corrected chi connectivity index (χ1v) is 9.86. The number of carbonyl (C=O) groups is 1. The van der Waals surface area contributed by atoms with E-state index in [0.717, 1.165) is 38.8 Å². The van der Waals surface area contributed by atoms with Gasteiger partial charge in [-0.3, -0.25) is 9.69 Å². The van der Waals surface area contributed by atoms with Crippen molar-refractivity contribution in [2.75, 3.05) is 32.8 Å². The molecule has 1 aromatic carbocycles. The Bertz CT molecular complexity index is 804. The summed E-state index contributed by atoms with van der Waals surface area (Å²) in [5.74, 6) is 0.202. The predicted octanol–water partition coefficient (Wildman–Crippen LogP) is 0.677. The molecule has 1 amide bonds. The van der Waals surface area contributed by atoms with E-state index in [1.165, 1.54) is 17.1 Å². The summed E-state index contributed by atoms with van der Waals surface area (Å²) in [6.07, 6.45) is 5.50. The van der Waals surface area contributed by atoms with Crippen LogP contribution < -0.4 is 0 Å². The summed E-state index contributed by atoms with van der Waals surface area (Å²) in [5, 5.41) is 30.7. The number of tetrazole rings is 1. The van der Waals surface area contributed by atoms with Crippen molar-refractivity contribution >= 4 is 5.91 Å². The van der Waals surface area contributed by atoms with E-state index in [9.17, 15) is 15.0 Å². The zero-order valence-electron chi connectivity index (χ0n) is 15.8. The molecule has 2 aromatic rings. The highest BCUT2D eigenvalue weighted by Gasteiger charge is 2.31. The molecule has 0 unspecified atom stereocenters. The molecule has 0 spiro atoms. The standard InChI is InChI=1S/C19H26N6O3/c26-12-14-5-8-23(9-6-14)16-2-1-7-24(11-16)19(28)17-4-3-15(10-18(17)27)25-13-20-21-22-25/h3-4,10,13-14,16,26-27H,1-2,5-9,11-12H2/t16-/m0/s1.